The monoisotopic (exact) mass is 360 g/mol. The van der Waals surface area contributed by atoms with Crippen molar-refractivity contribution in [2.45, 2.75) is 40.2 Å². The van der Waals surface area contributed by atoms with Crippen LogP contribution in [0.3, 0.4) is 0 Å². The number of rotatable bonds is 5. The van der Waals surface area contributed by atoms with E-state index in [4.69, 9.17) is 4.74 Å². The molecule has 0 atom stereocenters. The summed E-state index contributed by atoms with van der Waals surface area (Å²) in [4.78, 5) is 28.0. The van der Waals surface area contributed by atoms with Gasteiger partial charge in [-0.25, -0.2) is 0 Å². The first kappa shape index (κ1) is 19.8. The van der Waals surface area contributed by atoms with Gasteiger partial charge >= 0.3 is 0 Å². The molecule has 0 fully saturated rings. The minimum Gasteiger partial charge on any atom is -0.508 e. The minimum atomic E-state index is -0.0721. The Morgan fingerprint density at radius 1 is 1.35 bits per heavy atom. The molecule has 0 spiro atoms. The Morgan fingerprint density at radius 3 is 2.65 bits per heavy atom. The molecule has 0 unspecified atom stereocenters. The van der Waals surface area contributed by atoms with Crippen LogP contribution in [0, 0.1) is 6.92 Å². The van der Waals surface area contributed by atoms with E-state index in [1.54, 1.807) is 42.0 Å². The third-order valence-electron chi connectivity index (χ3n) is 4.92. The van der Waals surface area contributed by atoms with E-state index < -0.39 is 0 Å². The lowest BCUT2D eigenvalue weighted by Crippen LogP contribution is -2.43. The van der Waals surface area contributed by atoms with Gasteiger partial charge in [-0.05, 0) is 44.9 Å². The van der Waals surface area contributed by atoms with Crippen molar-refractivity contribution in [1.82, 2.24) is 9.80 Å². The van der Waals surface area contributed by atoms with Crippen LogP contribution in [0.1, 0.15) is 32.8 Å². The molecule has 1 N–H and O–H groups in total. The fraction of sp³-hybridized carbons (Fsp3) is 0.500. The van der Waals surface area contributed by atoms with Gasteiger partial charge in [0.25, 0.3) is 5.91 Å². The molecule has 26 heavy (non-hydrogen) atoms. The third-order valence-corrected chi connectivity index (χ3v) is 4.92. The number of amides is 2. The molecule has 0 radical (unpaired) electrons. The van der Waals surface area contributed by atoms with Crippen molar-refractivity contribution in [3.63, 3.8) is 0 Å². The van der Waals surface area contributed by atoms with Crippen molar-refractivity contribution >= 4 is 11.8 Å². The van der Waals surface area contributed by atoms with E-state index in [0.29, 0.717) is 36.4 Å². The zero-order valence-corrected chi connectivity index (χ0v) is 16.2. The number of phenolic OH excluding ortho intramolecular Hbond substituents is 1. The van der Waals surface area contributed by atoms with Crippen molar-refractivity contribution in [3.8, 4) is 11.5 Å². The van der Waals surface area contributed by atoms with Gasteiger partial charge in [0.2, 0.25) is 5.91 Å². The van der Waals surface area contributed by atoms with Crippen LogP contribution < -0.4 is 4.74 Å². The van der Waals surface area contributed by atoms with Gasteiger partial charge in [0.15, 0.2) is 0 Å². The van der Waals surface area contributed by atoms with Crippen LogP contribution in [0.15, 0.2) is 29.3 Å². The van der Waals surface area contributed by atoms with Gasteiger partial charge in [0.05, 0.1) is 6.54 Å². The second kappa shape index (κ2) is 8.25. The van der Waals surface area contributed by atoms with E-state index in [0.717, 1.165) is 5.57 Å². The van der Waals surface area contributed by atoms with E-state index in [1.807, 2.05) is 13.8 Å². The summed E-state index contributed by atoms with van der Waals surface area (Å²) in [5.41, 5.74) is 2.20. The van der Waals surface area contributed by atoms with Gasteiger partial charge < -0.3 is 19.6 Å². The number of nitrogens with zero attached hydrogens (tertiary/aromatic N) is 2. The summed E-state index contributed by atoms with van der Waals surface area (Å²) in [6, 6.07) is 5.20. The molecule has 1 aromatic rings. The topological polar surface area (TPSA) is 70.1 Å². The fourth-order valence-corrected chi connectivity index (χ4v) is 2.82. The first-order chi connectivity index (χ1) is 12.2. The summed E-state index contributed by atoms with van der Waals surface area (Å²) in [6.07, 6.45) is 0.602. The summed E-state index contributed by atoms with van der Waals surface area (Å²) in [5.74, 6) is 0.665. The normalized spacial score (nSPS) is 14.6. The molecule has 1 aliphatic heterocycles. The van der Waals surface area contributed by atoms with Crippen LogP contribution in [-0.4, -0.2) is 59.5 Å². The highest BCUT2D eigenvalue weighted by atomic mass is 16.5. The number of phenols is 1. The van der Waals surface area contributed by atoms with Crippen molar-refractivity contribution < 1.29 is 19.4 Å². The lowest BCUT2D eigenvalue weighted by Gasteiger charge is -2.32. The van der Waals surface area contributed by atoms with Crippen LogP contribution >= 0.6 is 0 Å². The van der Waals surface area contributed by atoms with Crippen molar-refractivity contribution in [3.05, 3.63) is 34.9 Å². The van der Waals surface area contributed by atoms with Crippen LogP contribution in [0.25, 0.3) is 0 Å². The van der Waals surface area contributed by atoms with Gasteiger partial charge in [-0.2, -0.15) is 0 Å². The Hall–Kier alpha value is -2.50. The zero-order valence-electron chi connectivity index (χ0n) is 16.2. The van der Waals surface area contributed by atoms with Crippen LogP contribution in [0.5, 0.6) is 11.5 Å². The lowest BCUT2D eigenvalue weighted by molar-refractivity contribution is -0.130. The van der Waals surface area contributed by atoms with Gasteiger partial charge in [-0.15, -0.1) is 0 Å². The van der Waals surface area contributed by atoms with E-state index in [-0.39, 0.29) is 30.2 Å². The number of ether oxygens (including phenoxy) is 1. The molecule has 2 rings (SSSR count). The van der Waals surface area contributed by atoms with Crippen molar-refractivity contribution in [2.75, 3.05) is 26.7 Å². The van der Waals surface area contributed by atoms with Crippen molar-refractivity contribution in [2.24, 2.45) is 0 Å². The molecule has 0 aromatic heterocycles. The summed E-state index contributed by atoms with van der Waals surface area (Å²) in [5, 5.41) is 9.81. The quantitative estimate of drug-likeness (QED) is 0.876. The van der Waals surface area contributed by atoms with Crippen LogP contribution in [0.4, 0.5) is 0 Å². The van der Waals surface area contributed by atoms with E-state index in [9.17, 15) is 14.7 Å². The number of carbonyl (C=O) groups excluding carboxylic acids is 2. The smallest absolute Gasteiger partial charge is 0.251 e. The number of likely N-dealkylation sites (N-methyl/N-ethyl adjacent to an activating group) is 1. The van der Waals surface area contributed by atoms with E-state index in [2.05, 4.69) is 0 Å². The Bertz CT molecular complexity index is 725. The Kier molecular flexibility index (Phi) is 6.29. The largest absolute Gasteiger partial charge is 0.508 e. The summed E-state index contributed by atoms with van der Waals surface area (Å²) < 4.78 is 5.88. The van der Waals surface area contributed by atoms with Gasteiger partial charge in [-0.3, -0.25) is 9.59 Å². The molecule has 2 amide bonds. The highest BCUT2D eigenvalue weighted by Crippen LogP contribution is 2.28. The molecule has 0 bridgehead atoms. The van der Waals surface area contributed by atoms with Gasteiger partial charge in [-0.1, -0.05) is 6.07 Å². The van der Waals surface area contributed by atoms with Crippen molar-refractivity contribution in [1.29, 1.82) is 0 Å². The predicted molar refractivity (Wildman–Crippen MR) is 100 cm³/mol. The summed E-state index contributed by atoms with van der Waals surface area (Å²) in [6.45, 7) is 8.37. The second-order valence-electron chi connectivity index (χ2n) is 6.97. The zero-order chi connectivity index (χ0) is 19.4. The number of aromatic hydroxyl groups is 1. The Morgan fingerprint density at radius 2 is 2.04 bits per heavy atom. The number of hydrogen-bond donors (Lipinski definition) is 1. The molecule has 142 valence electrons. The van der Waals surface area contributed by atoms with Crippen LogP contribution in [0.2, 0.25) is 0 Å². The first-order valence-electron chi connectivity index (χ1n) is 8.87. The average Bonchev–Trinajstić information content (AvgIpc) is 2.61. The standard InChI is InChI=1S/C20H28N2O4/c1-13(2)21(5)20(25)17-11-22(15(4)23)10-9-16(17)12-26-19-8-6-7-18(24)14(19)3/h6-8,13,24H,9-12H2,1-5H3. The molecule has 6 heteroatoms. The molecule has 0 saturated heterocycles. The summed E-state index contributed by atoms with van der Waals surface area (Å²) in [7, 11) is 1.77. The SMILES string of the molecule is CC(=O)N1CCC(COc2cccc(O)c2C)=C(C(=O)N(C)C(C)C)C1. The molecule has 1 heterocycles. The molecule has 6 nitrogen and oxygen atoms in total. The predicted octanol–water partition coefficient (Wildman–Crippen LogP) is 2.50. The number of benzene rings is 1. The third kappa shape index (κ3) is 4.36. The Balaban J connectivity index is 2.27. The van der Waals surface area contributed by atoms with Gasteiger partial charge in [0.1, 0.15) is 18.1 Å². The molecule has 1 aliphatic rings. The highest BCUT2D eigenvalue weighted by molar-refractivity contribution is 5.95. The van der Waals surface area contributed by atoms with E-state index in [1.165, 1.54) is 6.92 Å². The average molecular weight is 360 g/mol. The Labute approximate surface area is 155 Å². The fourth-order valence-electron chi connectivity index (χ4n) is 2.82. The van der Waals surface area contributed by atoms with E-state index >= 15 is 0 Å². The molecule has 0 aliphatic carbocycles. The molecule has 0 saturated carbocycles. The van der Waals surface area contributed by atoms with Crippen LogP contribution in [-0.2, 0) is 9.59 Å². The number of hydrogen-bond acceptors (Lipinski definition) is 4. The molecular formula is C20H28N2O4. The molecular weight excluding hydrogens is 332 g/mol. The second-order valence-corrected chi connectivity index (χ2v) is 6.97. The number of carbonyl (C=O) groups is 2. The maximum atomic E-state index is 12.9. The summed E-state index contributed by atoms with van der Waals surface area (Å²) >= 11 is 0. The maximum Gasteiger partial charge on any atom is 0.251 e. The lowest BCUT2D eigenvalue weighted by atomic mass is 9.99. The maximum absolute atomic E-state index is 12.9. The first-order valence-corrected chi connectivity index (χ1v) is 8.87. The minimum absolute atomic E-state index is 0.0358. The molecule has 1 aromatic carbocycles. The highest BCUT2D eigenvalue weighted by Gasteiger charge is 2.28. The van der Waals surface area contributed by atoms with Gasteiger partial charge in [0, 0.05) is 37.7 Å².